The van der Waals surface area contributed by atoms with Gasteiger partial charge in [0, 0.05) is 11.3 Å². The fraction of sp³-hybridized carbons (Fsp3) is 0.200. The molecule has 8 nitrogen and oxygen atoms in total. The molecule has 2 rings (SSSR count). The normalized spacial score (nSPS) is 11.0. The Labute approximate surface area is 142 Å². The van der Waals surface area contributed by atoms with Crippen molar-refractivity contribution in [3.63, 3.8) is 0 Å². The summed E-state index contributed by atoms with van der Waals surface area (Å²) in [6, 6.07) is 6.80. The highest BCUT2D eigenvalue weighted by molar-refractivity contribution is 6.16. The molecule has 9 heteroatoms. The highest BCUT2D eigenvalue weighted by atomic mass is 35.5. The summed E-state index contributed by atoms with van der Waals surface area (Å²) in [5, 5.41) is 6.59. The third-order valence-electron chi connectivity index (χ3n) is 2.87. The smallest absolute Gasteiger partial charge is 0.354 e. The van der Waals surface area contributed by atoms with Gasteiger partial charge in [0.05, 0.1) is 20.3 Å². The first-order chi connectivity index (χ1) is 11.6. The molecule has 24 heavy (non-hydrogen) atoms. The summed E-state index contributed by atoms with van der Waals surface area (Å²) in [4.78, 5) is 27.1. The zero-order valence-corrected chi connectivity index (χ0v) is 13.7. The molecule has 0 saturated heterocycles. The van der Waals surface area contributed by atoms with E-state index < -0.39 is 11.9 Å². The number of alkyl halides is 1. The second kappa shape index (κ2) is 8.11. The van der Waals surface area contributed by atoms with Gasteiger partial charge in [-0.1, -0.05) is 5.16 Å². The molecule has 0 radical (unpaired) electrons. The second-order valence-electron chi connectivity index (χ2n) is 4.42. The summed E-state index contributed by atoms with van der Waals surface area (Å²) in [5.74, 6) is -0.527. The molecule has 0 aliphatic heterocycles. The van der Waals surface area contributed by atoms with Crippen molar-refractivity contribution in [2.75, 3.05) is 19.5 Å². The van der Waals surface area contributed by atoms with Crippen LogP contribution < -0.4 is 5.32 Å². The molecule has 1 heterocycles. The number of carbonyl (C=O) groups excluding carboxylic acids is 2. The lowest BCUT2D eigenvalue weighted by Gasteiger charge is -2.09. The molecule has 1 aromatic carbocycles. The number of esters is 2. The van der Waals surface area contributed by atoms with E-state index in [2.05, 4.69) is 24.9 Å². The van der Waals surface area contributed by atoms with Crippen molar-refractivity contribution >= 4 is 29.2 Å². The van der Waals surface area contributed by atoms with Crippen LogP contribution >= 0.6 is 11.6 Å². The van der Waals surface area contributed by atoms with Gasteiger partial charge in [0.15, 0.2) is 0 Å². The number of rotatable bonds is 6. The molecule has 0 fully saturated rings. The van der Waals surface area contributed by atoms with Gasteiger partial charge in [-0.15, -0.1) is 11.6 Å². The van der Waals surface area contributed by atoms with Crippen molar-refractivity contribution in [1.29, 1.82) is 0 Å². The highest BCUT2D eigenvalue weighted by Crippen LogP contribution is 2.20. The van der Waals surface area contributed by atoms with E-state index in [0.29, 0.717) is 23.0 Å². The van der Waals surface area contributed by atoms with E-state index in [-0.39, 0.29) is 11.6 Å². The Balaban J connectivity index is 2.18. The van der Waals surface area contributed by atoms with Gasteiger partial charge in [0.2, 0.25) is 11.7 Å². The summed E-state index contributed by atoms with van der Waals surface area (Å²) in [5.41, 5.74) is 1.21. The standard InChI is InChI=1S/C15H14ClN3O5/c1-22-13(20)7-11(15(21)23-2)17-10-5-3-9(4-6-10)14-18-12(8-16)24-19-14/h3-7,17H,8H2,1-2H3/b11-7+. The van der Waals surface area contributed by atoms with E-state index in [1.54, 1.807) is 24.3 Å². The molecule has 0 aliphatic rings. The van der Waals surface area contributed by atoms with Gasteiger partial charge in [0.1, 0.15) is 11.6 Å². The van der Waals surface area contributed by atoms with Gasteiger partial charge in [-0.05, 0) is 24.3 Å². The second-order valence-corrected chi connectivity index (χ2v) is 4.69. The Morgan fingerprint density at radius 2 is 1.96 bits per heavy atom. The summed E-state index contributed by atoms with van der Waals surface area (Å²) >= 11 is 5.61. The third-order valence-corrected chi connectivity index (χ3v) is 3.10. The van der Waals surface area contributed by atoms with Crippen molar-refractivity contribution < 1.29 is 23.6 Å². The number of halogens is 1. The molecule has 0 aliphatic carbocycles. The lowest BCUT2D eigenvalue weighted by Crippen LogP contribution is -2.15. The molecular formula is C15H14ClN3O5. The molecule has 2 aromatic rings. The fourth-order valence-electron chi connectivity index (χ4n) is 1.72. The number of anilines is 1. The predicted molar refractivity (Wildman–Crippen MR) is 85.0 cm³/mol. The monoisotopic (exact) mass is 351 g/mol. The first-order valence-electron chi connectivity index (χ1n) is 6.71. The van der Waals surface area contributed by atoms with E-state index in [0.717, 1.165) is 6.08 Å². The van der Waals surface area contributed by atoms with Crippen LogP contribution in [-0.2, 0) is 24.9 Å². The molecule has 0 unspecified atom stereocenters. The lowest BCUT2D eigenvalue weighted by atomic mass is 10.2. The molecule has 0 amide bonds. The highest BCUT2D eigenvalue weighted by Gasteiger charge is 2.13. The topological polar surface area (TPSA) is 104 Å². The molecule has 126 valence electrons. The summed E-state index contributed by atoms with van der Waals surface area (Å²) < 4.78 is 14.1. The molecular weight excluding hydrogens is 338 g/mol. The number of carbonyl (C=O) groups is 2. The quantitative estimate of drug-likeness (QED) is 0.479. The van der Waals surface area contributed by atoms with Gasteiger partial charge < -0.3 is 19.3 Å². The maximum atomic E-state index is 11.7. The van der Waals surface area contributed by atoms with Crippen LogP contribution in [0.2, 0.25) is 0 Å². The van der Waals surface area contributed by atoms with Gasteiger partial charge in [-0.2, -0.15) is 4.98 Å². The number of benzene rings is 1. The molecule has 0 bridgehead atoms. The van der Waals surface area contributed by atoms with Crippen LogP contribution in [0.3, 0.4) is 0 Å². The number of nitrogens with one attached hydrogen (secondary N) is 1. The minimum absolute atomic E-state index is 0.0545. The zero-order chi connectivity index (χ0) is 17.5. The Morgan fingerprint density at radius 1 is 1.25 bits per heavy atom. The maximum absolute atomic E-state index is 11.7. The summed E-state index contributed by atoms with van der Waals surface area (Å²) in [6.07, 6.45) is 1.01. The van der Waals surface area contributed by atoms with Crippen LogP contribution in [0.15, 0.2) is 40.6 Å². The van der Waals surface area contributed by atoms with E-state index in [1.165, 1.54) is 14.2 Å². The van der Waals surface area contributed by atoms with Crippen LogP contribution in [0.4, 0.5) is 5.69 Å². The average Bonchev–Trinajstić information content (AvgIpc) is 3.10. The zero-order valence-electron chi connectivity index (χ0n) is 12.9. The van der Waals surface area contributed by atoms with Crippen molar-refractivity contribution in [2.45, 2.75) is 5.88 Å². The number of hydrogen-bond donors (Lipinski definition) is 1. The molecule has 1 N–H and O–H groups in total. The number of hydrogen-bond acceptors (Lipinski definition) is 8. The van der Waals surface area contributed by atoms with Gasteiger partial charge in [-0.25, -0.2) is 9.59 Å². The van der Waals surface area contributed by atoms with Gasteiger partial charge in [-0.3, -0.25) is 0 Å². The van der Waals surface area contributed by atoms with E-state index >= 15 is 0 Å². The van der Waals surface area contributed by atoms with Crippen LogP contribution in [0.25, 0.3) is 11.4 Å². The van der Waals surface area contributed by atoms with Crippen molar-refractivity contribution in [2.24, 2.45) is 0 Å². The van der Waals surface area contributed by atoms with Crippen LogP contribution in [0.1, 0.15) is 5.89 Å². The van der Waals surface area contributed by atoms with E-state index in [1.807, 2.05) is 0 Å². The maximum Gasteiger partial charge on any atom is 0.354 e. The number of aromatic nitrogens is 2. The van der Waals surface area contributed by atoms with Gasteiger partial charge >= 0.3 is 11.9 Å². The Morgan fingerprint density at radius 3 is 2.50 bits per heavy atom. The van der Waals surface area contributed by atoms with E-state index in [4.69, 9.17) is 16.1 Å². The average molecular weight is 352 g/mol. The Kier molecular flexibility index (Phi) is 5.91. The summed E-state index contributed by atoms with van der Waals surface area (Å²) in [6.45, 7) is 0. The fourth-order valence-corrected chi connectivity index (χ4v) is 1.83. The van der Waals surface area contributed by atoms with Crippen molar-refractivity contribution in [3.05, 3.63) is 41.9 Å². The SMILES string of the molecule is COC(=O)/C=C(/Nc1ccc(-c2noc(CCl)n2)cc1)C(=O)OC. The summed E-state index contributed by atoms with van der Waals surface area (Å²) in [7, 11) is 2.42. The third kappa shape index (κ3) is 4.32. The van der Waals surface area contributed by atoms with Crippen LogP contribution in [-0.4, -0.2) is 36.3 Å². The molecule has 0 spiro atoms. The molecule has 0 atom stereocenters. The molecule has 0 saturated carbocycles. The first-order valence-corrected chi connectivity index (χ1v) is 7.24. The number of nitrogens with zero attached hydrogens (tertiary/aromatic N) is 2. The van der Waals surface area contributed by atoms with Crippen molar-refractivity contribution in [1.82, 2.24) is 10.1 Å². The Hall–Kier alpha value is -2.87. The Bertz CT molecular complexity index is 755. The van der Waals surface area contributed by atoms with Crippen molar-refractivity contribution in [3.8, 4) is 11.4 Å². The lowest BCUT2D eigenvalue weighted by molar-refractivity contribution is -0.138. The largest absolute Gasteiger partial charge is 0.466 e. The first kappa shape index (κ1) is 17.5. The van der Waals surface area contributed by atoms with Crippen LogP contribution in [0, 0.1) is 0 Å². The van der Waals surface area contributed by atoms with E-state index in [9.17, 15) is 9.59 Å². The number of methoxy groups -OCH3 is 2. The molecule has 1 aromatic heterocycles. The number of ether oxygens (including phenoxy) is 2. The van der Waals surface area contributed by atoms with Gasteiger partial charge in [0.25, 0.3) is 0 Å². The predicted octanol–water partition coefficient (Wildman–Crippen LogP) is 2.12. The minimum Gasteiger partial charge on any atom is -0.466 e. The minimum atomic E-state index is -0.700. The van der Waals surface area contributed by atoms with Crippen LogP contribution in [0.5, 0.6) is 0 Å².